The van der Waals surface area contributed by atoms with Crippen molar-refractivity contribution in [2.45, 2.75) is 64.5 Å². The number of nitrogens with one attached hydrogen (secondary N) is 1. The van der Waals surface area contributed by atoms with Crippen molar-refractivity contribution in [3.05, 3.63) is 0 Å². The summed E-state index contributed by atoms with van der Waals surface area (Å²) < 4.78 is 28.5. The number of hydrogen-bond donors (Lipinski definition) is 1. The molecule has 7 nitrogen and oxygen atoms in total. The molecular formula is C18H35N3O4S. The van der Waals surface area contributed by atoms with Crippen molar-refractivity contribution < 1.29 is 17.9 Å². The molecule has 1 aliphatic heterocycles. The summed E-state index contributed by atoms with van der Waals surface area (Å²) in [4.78, 5) is 18.0. The Morgan fingerprint density at radius 2 is 1.88 bits per heavy atom. The summed E-state index contributed by atoms with van der Waals surface area (Å²) in [6.45, 7) is 10.2. The average Bonchev–Trinajstić information content (AvgIpc) is 2.56. The fourth-order valence-corrected chi connectivity index (χ4v) is 4.27. The van der Waals surface area contributed by atoms with Gasteiger partial charge in [-0.25, -0.2) is 8.42 Å². The van der Waals surface area contributed by atoms with E-state index in [1.165, 1.54) is 0 Å². The van der Waals surface area contributed by atoms with Crippen LogP contribution in [0.5, 0.6) is 0 Å². The van der Waals surface area contributed by atoms with Crippen LogP contribution in [0.25, 0.3) is 0 Å². The van der Waals surface area contributed by atoms with Gasteiger partial charge in [-0.05, 0) is 40.5 Å². The summed E-state index contributed by atoms with van der Waals surface area (Å²) in [5.41, 5.74) is 0. The Morgan fingerprint density at radius 3 is 2.50 bits per heavy atom. The third kappa shape index (κ3) is 7.13. The summed E-state index contributed by atoms with van der Waals surface area (Å²) in [6.07, 6.45) is 4.28. The van der Waals surface area contributed by atoms with Crippen molar-refractivity contribution in [2.24, 2.45) is 4.99 Å². The molecule has 26 heavy (non-hydrogen) atoms. The van der Waals surface area contributed by atoms with E-state index in [4.69, 9.17) is 4.74 Å². The molecule has 1 aliphatic rings. The fraction of sp³-hybridized carbons (Fsp3) is 0.889. The van der Waals surface area contributed by atoms with E-state index in [9.17, 15) is 13.2 Å². The zero-order chi connectivity index (χ0) is 19.6. The number of carbonyl (C=O) groups excluding carboxylic acids is 1. The Bertz CT molecular complexity index is 573. The van der Waals surface area contributed by atoms with Crippen molar-refractivity contribution in [3.8, 4) is 0 Å². The van der Waals surface area contributed by atoms with E-state index in [1.807, 2.05) is 18.7 Å². The number of ether oxygens (including phenoxy) is 1. The molecule has 0 aromatic rings. The molecular weight excluding hydrogens is 354 g/mol. The topological polar surface area (TPSA) is 88.1 Å². The molecule has 1 fully saturated rings. The van der Waals surface area contributed by atoms with E-state index in [-0.39, 0.29) is 11.7 Å². The predicted octanol–water partition coefficient (Wildman–Crippen LogP) is 1.97. The second-order valence-electron chi connectivity index (χ2n) is 7.21. The van der Waals surface area contributed by atoms with E-state index in [0.717, 1.165) is 38.2 Å². The molecule has 1 N–H and O–H groups in total. The van der Waals surface area contributed by atoms with E-state index in [2.05, 4.69) is 10.3 Å². The number of nitrogens with zero attached hydrogens (tertiary/aromatic N) is 2. The molecule has 1 rings (SSSR count). The van der Waals surface area contributed by atoms with E-state index < -0.39 is 14.6 Å². The molecule has 0 aliphatic carbocycles. The van der Waals surface area contributed by atoms with Crippen molar-refractivity contribution in [1.29, 1.82) is 0 Å². The van der Waals surface area contributed by atoms with Crippen LogP contribution in [0.2, 0.25) is 0 Å². The van der Waals surface area contributed by atoms with Crippen LogP contribution < -0.4 is 5.32 Å². The van der Waals surface area contributed by atoms with E-state index >= 15 is 0 Å². The third-order valence-corrected chi connectivity index (χ3v) is 7.07. The second-order valence-corrected chi connectivity index (χ2v) is 9.95. The van der Waals surface area contributed by atoms with Crippen LogP contribution >= 0.6 is 0 Å². The molecule has 0 amide bonds. The highest BCUT2D eigenvalue weighted by molar-refractivity contribution is 7.92. The van der Waals surface area contributed by atoms with Crippen LogP contribution in [-0.4, -0.2) is 68.5 Å². The molecule has 0 bridgehead atoms. The monoisotopic (exact) mass is 389 g/mol. The number of rotatable bonds is 9. The maximum atomic E-state index is 12.2. The molecule has 152 valence electrons. The second kappa shape index (κ2) is 10.7. The molecule has 8 heteroatoms. The van der Waals surface area contributed by atoms with Gasteiger partial charge >= 0.3 is 5.97 Å². The standard InChI is InChI=1S/C18H35N3O4S/c1-5-19-17(21-13-14-26(23,24)18(3,4)15-21)20-12-10-8-7-9-11-16(22)25-6-2/h5-15H2,1-4H3,(H,19,20). The van der Waals surface area contributed by atoms with Gasteiger partial charge in [0.05, 0.1) is 17.1 Å². The van der Waals surface area contributed by atoms with Crippen molar-refractivity contribution in [3.63, 3.8) is 0 Å². The fourth-order valence-electron chi connectivity index (χ4n) is 2.90. The summed E-state index contributed by atoms with van der Waals surface area (Å²) >= 11 is 0. The first-order valence-electron chi connectivity index (χ1n) is 9.64. The van der Waals surface area contributed by atoms with Gasteiger partial charge in [0, 0.05) is 32.6 Å². The van der Waals surface area contributed by atoms with Crippen LogP contribution in [0.3, 0.4) is 0 Å². The van der Waals surface area contributed by atoms with Crippen LogP contribution in [0.1, 0.15) is 59.8 Å². The van der Waals surface area contributed by atoms with Gasteiger partial charge in [-0.1, -0.05) is 12.8 Å². The van der Waals surface area contributed by atoms with Crippen molar-refractivity contribution >= 4 is 21.8 Å². The first-order valence-corrected chi connectivity index (χ1v) is 11.3. The normalized spacial score (nSPS) is 19.2. The predicted molar refractivity (Wildman–Crippen MR) is 105 cm³/mol. The maximum absolute atomic E-state index is 12.2. The molecule has 0 spiro atoms. The van der Waals surface area contributed by atoms with Crippen LogP contribution in [-0.2, 0) is 19.4 Å². The van der Waals surface area contributed by atoms with Gasteiger partial charge in [-0.2, -0.15) is 0 Å². The average molecular weight is 390 g/mol. The van der Waals surface area contributed by atoms with Gasteiger partial charge in [0.2, 0.25) is 0 Å². The highest BCUT2D eigenvalue weighted by Gasteiger charge is 2.40. The molecule has 0 aromatic carbocycles. The first-order chi connectivity index (χ1) is 12.2. The number of guanidine groups is 1. The largest absolute Gasteiger partial charge is 0.466 e. The zero-order valence-corrected chi connectivity index (χ0v) is 17.5. The lowest BCUT2D eigenvalue weighted by molar-refractivity contribution is -0.143. The summed E-state index contributed by atoms with van der Waals surface area (Å²) in [6, 6.07) is 0. The van der Waals surface area contributed by atoms with Gasteiger partial charge in [0.25, 0.3) is 0 Å². The van der Waals surface area contributed by atoms with Crippen molar-refractivity contribution in [1.82, 2.24) is 10.2 Å². The molecule has 1 heterocycles. The lowest BCUT2D eigenvalue weighted by Crippen LogP contribution is -2.57. The number of carbonyl (C=O) groups is 1. The lowest BCUT2D eigenvalue weighted by atomic mass is 10.1. The summed E-state index contributed by atoms with van der Waals surface area (Å²) in [5.74, 6) is 0.836. The van der Waals surface area contributed by atoms with E-state index in [0.29, 0.717) is 32.7 Å². The minimum absolute atomic E-state index is 0.123. The third-order valence-electron chi connectivity index (χ3n) is 4.53. The molecule has 1 saturated heterocycles. The highest BCUT2D eigenvalue weighted by atomic mass is 32.2. The van der Waals surface area contributed by atoms with Gasteiger partial charge in [-0.3, -0.25) is 9.79 Å². The Morgan fingerprint density at radius 1 is 1.19 bits per heavy atom. The van der Waals surface area contributed by atoms with Crippen LogP contribution in [0.15, 0.2) is 4.99 Å². The lowest BCUT2D eigenvalue weighted by Gasteiger charge is -2.39. The first kappa shape index (κ1) is 22.7. The van der Waals surface area contributed by atoms with Gasteiger partial charge in [-0.15, -0.1) is 0 Å². The number of unbranched alkanes of at least 4 members (excludes halogenated alkanes) is 3. The minimum Gasteiger partial charge on any atom is -0.466 e. The Labute approximate surface area is 158 Å². The smallest absolute Gasteiger partial charge is 0.305 e. The van der Waals surface area contributed by atoms with Crippen LogP contribution in [0, 0.1) is 0 Å². The number of aliphatic imine (C=N–C) groups is 1. The van der Waals surface area contributed by atoms with E-state index in [1.54, 1.807) is 13.8 Å². The maximum Gasteiger partial charge on any atom is 0.305 e. The number of hydrogen-bond acceptors (Lipinski definition) is 5. The molecule has 0 unspecified atom stereocenters. The minimum atomic E-state index is -3.05. The summed E-state index contributed by atoms with van der Waals surface area (Å²) in [7, 11) is -3.05. The van der Waals surface area contributed by atoms with Gasteiger partial charge in [0.1, 0.15) is 0 Å². The highest BCUT2D eigenvalue weighted by Crippen LogP contribution is 2.23. The molecule has 0 atom stereocenters. The Balaban J connectivity index is 2.41. The number of esters is 1. The molecule has 0 saturated carbocycles. The molecule has 0 radical (unpaired) electrons. The summed E-state index contributed by atoms with van der Waals surface area (Å²) in [5, 5.41) is 3.27. The number of sulfone groups is 1. The quantitative estimate of drug-likeness (QED) is 0.281. The van der Waals surface area contributed by atoms with Gasteiger partial charge < -0.3 is 15.0 Å². The Kier molecular flexibility index (Phi) is 9.39. The zero-order valence-electron chi connectivity index (χ0n) is 16.7. The SMILES string of the molecule is CCNC(=NCCCCCCC(=O)OCC)N1CCS(=O)(=O)C(C)(C)C1. The molecule has 0 aromatic heterocycles. The van der Waals surface area contributed by atoms with Crippen molar-refractivity contribution in [2.75, 3.05) is 38.5 Å². The Hall–Kier alpha value is -1.31. The van der Waals surface area contributed by atoms with Crippen LogP contribution in [0.4, 0.5) is 0 Å². The van der Waals surface area contributed by atoms with Gasteiger partial charge in [0.15, 0.2) is 15.8 Å².